The molecule has 0 radical (unpaired) electrons. The van der Waals surface area contributed by atoms with Gasteiger partial charge in [-0.25, -0.2) is 4.98 Å². The first kappa shape index (κ1) is 32.0. The molecule has 4 aliphatic rings. The van der Waals surface area contributed by atoms with Gasteiger partial charge >= 0.3 is 5.97 Å². The van der Waals surface area contributed by atoms with Crippen LogP contribution in [-0.4, -0.2) is 62.0 Å². The highest BCUT2D eigenvalue weighted by Gasteiger charge is 2.34. The van der Waals surface area contributed by atoms with Crippen LogP contribution in [0.4, 0.5) is 11.4 Å². The minimum atomic E-state index is -0.760. The maximum Gasteiger partial charge on any atom is 0.307 e. The molecule has 2 atom stereocenters. The molecule has 11 heteroatoms. The third kappa shape index (κ3) is 5.78. The molecule has 1 aliphatic carbocycles. The highest BCUT2D eigenvalue weighted by molar-refractivity contribution is 6.03. The van der Waals surface area contributed by atoms with Gasteiger partial charge in [-0.2, -0.15) is 5.26 Å². The standard InChI is InChI=1S/C39H41N7O4/c1-22-28(29-7-5-9-31(23(29)2)42-37(47)36-41-33-21-46(27-10-11-27)15-13-34(33)44(36)3)6-4-8-30(22)38-43-32-17-24(16-26(18-40)35(32)50-38)19-45-14-12-25(20-45)39(48)49/h4-9,16-17,25,27,38,43H,10-15,19-21H2,1-3H3,(H,42,47)(H,48,49). The van der Waals surface area contributed by atoms with Gasteiger partial charge in [0.15, 0.2) is 17.8 Å². The number of carboxylic acid groups (broad SMARTS) is 1. The van der Waals surface area contributed by atoms with Crippen molar-refractivity contribution in [2.24, 2.45) is 13.0 Å². The molecule has 1 saturated heterocycles. The minimum Gasteiger partial charge on any atom is -0.481 e. The molecule has 11 nitrogen and oxygen atoms in total. The van der Waals surface area contributed by atoms with E-state index in [9.17, 15) is 20.0 Å². The predicted molar refractivity (Wildman–Crippen MR) is 189 cm³/mol. The monoisotopic (exact) mass is 671 g/mol. The number of hydrogen-bond donors (Lipinski definition) is 3. The fourth-order valence-corrected chi connectivity index (χ4v) is 7.94. The summed E-state index contributed by atoms with van der Waals surface area (Å²) >= 11 is 0. The zero-order valence-electron chi connectivity index (χ0n) is 28.6. The van der Waals surface area contributed by atoms with Crippen molar-refractivity contribution in [1.82, 2.24) is 19.4 Å². The van der Waals surface area contributed by atoms with Crippen LogP contribution in [0.25, 0.3) is 11.1 Å². The van der Waals surface area contributed by atoms with Crippen LogP contribution in [0.3, 0.4) is 0 Å². The van der Waals surface area contributed by atoms with Crippen LogP contribution < -0.4 is 15.4 Å². The van der Waals surface area contributed by atoms with E-state index in [2.05, 4.69) is 45.6 Å². The molecule has 1 saturated carbocycles. The summed E-state index contributed by atoms with van der Waals surface area (Å²) in [6.45, 7) is 7.69. The van der Waals surface area contributed by atoms with Crippen LogP contribution in [0, 0.1) is 31.1 Å². The summed E-state index contributed by atoms with van der Waals surface area (Å²) in [5, 5.41) is 26.0. The van der Waals surface area contributed by atoms with Crippen molar-refractivity contribution in [2.75, 3.05) is 30.3 Å². The molecule has 1 amide bonds. The quantitative estimate of drug-likeness (QED) is 0.214. The van der Waals surface area contributed by atoms with E-state index in [-0.39, 0.29) is 11.8 Å². The number of nitriles is 1. The maximum absolute atomic E-state index is 13.6. The Labute approximate surface area is 291 Å². The molecule has 4 heterocycles. The first-order valence-electron chi connectivity index (χ1n) is 17.4. The van der Waals surface area contributed by atoms with Crippen LogP contribution in [0.1, 0.15) is 75.3 Å². The number of nitrogens with zero attached hydrogens (tertiary/aromatic N) is 5. The number of amides is 1. The Morgan fingerprint density at radius 1 is 1.08 bits per heavy atom. The smallest absolute Gasteiger partial charge is 0.307 e. The van der Waals surface area contributed by atoms with Gasteiger partial charge < -0.3 is 25.0 Å². The van der Waals surface area contributed by atoms with E-state index in [1.54, 1.807) is 0 Å². The lowest BCUT2D eigenvalue weighted by molar-refractivity contribution is -0.141. The number of ether oxygens (including phenoxy) is 1. The number of rotatable bonds is 8. The van der Waals surface area contributed by atoms with Gasteiger partial charge in [-0.3, -0.25) is 19.4 Å². The number of hydrogen-bond acceptors (Lipinski definition) is 8. The van der Waals surface area contributed by atoms with Gasteiger partial charge in [-0.1, -0.05) is 30.3 Å². The Kier molecular flexibility index (Phi) is 8.08. The largest absolute Gasteiger partial charge is 0.481 e. The minimum absolute atomic E-state index is 0.217. The number of carboxylic acids is 1. The lowest BCUT2D eigenvalue weighted by Crippen LogP contribution is -2.32. The van der Waals surface area contributed by atoms with Gasteiger partial charge in [-0.15, -0.1) is 0 Å². The summed E-state index contributed by atoms with van der Waals surface area (Å²) in [7, 11) is 1.94. The second kappa shape index (κ2) is 12.6. The number of aromatic nitrogens is 2. The molecule has 8 rings (SSSR count). The SMILES string of the molecule is Cc1c(NC(=O)c2nc3c(n2C)CCN(C2CC2)C3)cccc1-c1cccc(C2Nc3cc(CN4CCC(C(=O)O)C4)cc(C#N)c3O2)c1C. The van der Waals surface area contributed by atoms with Crippen molar-refractivity contribution in [2.45, 2.75) is 64.9 Å². The van der Waals surface area contributed by atoms with Crippen molar-refractivity contribution < 1.29 is 19.4 Å². The highest BCUT2D eigenvalue weighted by atomic mass is 16.5. The predicted octanol–water partition coefficient (Wildman–Crippen LogP) is 5.76. The lowest BCUT2D eigenvalue weighted by Gasteiger charge is -2.26. The van der Waals surface area contributed by atoms with Gasteiger partial charge in [0.2, 0.25) is 0 Å². The van der Waals surface area contributed by atoms with E-state index in [4.69, 9.17) is 9.72 Å². The summed E-state index contributed by atoms with van der Waals surface area (Å²) in [5.41, 5.74) is 9.97. The van der Waals surface area contributed by atoms with Crippen molar-refractivity contribution >= 4 is 23.3 Å². The summed E-state index contributed by atoms with van der Waals surface area (Å²) < 4.78 is 8.34. The van der Waals surface area contributed by atoms with Crippen molar-refractivity contribution in [3.05, 3.63) is 93.6 Å². The van der Waals surface area contributed by atoms with Crippen LogP contribution in [0.2, 0.25) is 0 Å². The highest BCUT2D eigenvalue weighted by Crippen LogP contribution is 2.44. The number of anilines is 2. The van der Waals surface area contributed by atoms with Gasteiger partial charge in [0.05, 0.1) is 22.9 Å². The van der Waals surface area contributed by atoms with Crippen molar-refractivity contribution in [3.8, 4) is 22.9 Å². The fraction of sp³-hybridized carbons (Fsp3) is 0.385. The van der Waals surface area contributed by atoms with Gasteiger partial charge in [0.25, 0.3) is 5.91 Å². The van der Waals surface area contributed by atoms with Crippen LogP contribution in [0.15, 0.2) is 48.5 Å². The number of carbonyl (C=O) groups is 2. The molecule has 256 valence electrons. The van der Waals surface area contributed by atoms with E-state index in [0.717, 1.165) is 75.7 Å². The topological polar surface area (TPSA) is 136 Å². The third-order valence-electron chi connectivity index (χ3n) is 10.9. The summed E-state index contributed by atoms with van der Waals surface area (Å²) in [6.07, 6.45) is 3.55. The van der Waals surface area contributed by atoms with E-state index in [0.29, 0.717) is 49.2 Å². The molecule has 2 fully saturated rings. The third-order valence-corrected chi connectivity index (χ3v) is 10.9. The Balaban J connectivity index is 1.01. The molecule has 0 bridgehead atoms. The number of fused-ring (bicyclic) bond motifs is 2. The average Bonchev–Trinajstić information content (AvgIpc) is 3.55. The molecular weight excluding hydrogens is 630 g/mol. The Morgan fingerprint density at radius 2 is 1.86 bits per heavy atom. The van der Waals surface area contributed by atoms with Crippen LogP contribution in [0.5, 0.6) is 5.75 Å². The second-order valence-electron chi connectivity index (χ2n) is 14.1. The number of nitrogens with one attached hydrogen (secondary N) is 2. The first-order valence-corrected chi connectivity index (χ1v) is 17.4. The normalized spacial score (nSPS) is 20.0. The molecule has 3 aliphatic heterocycles. The van der Waals surface area contributed by atoms with Crippen molar-refractivity contribution in [3.63, 3.8) is 0 Å². The average molecular weight is 672 g/mol. The molecule has 4 aromatic rings. The number of carbonyl (C=O) groups excluding carboxylic acids is 1. The number of benzene rings is 3. The number of imidazole rings is 1. The zero-order valence-corrected chi connectivity index (χ0v) is 28.6. The fourth-order valence-electron chi connectivity index (χ4n) is 7.94. The van der Waals surface area contributed by atoms with Crippen LogP contribution in [-0.2, 0) is 31.4 Å². The molecule has 1 aromatic heterocycles. The number of likely N-dealkylation sites (tertiary alicyclic amines) is 1. The molecule has 3 aromatic carbocycles. The summed E-state index contributed by atoms with van der Waals surface area (Å²) in [4.78, 5) is 34.5. The van der Waals surface area contributed by atoms with Gasteiger partial charge in [0.1, 0.15) is 6.07 Å². The van der Waals surface area contributed by atoms with Gasteiger partial charge in [-0.05, 0) is 85.7 Å². The van der Waals surface area contributed by atoms with Gasteiger partial charge in [0, 0.05) is 62.6 Å². The Morgan fingerprint density at radius 3 is 2.60 bits per heavy atom. The van der Waals surface area contributed by atoms with E-state index < -0.39 is 12.2 Å². The lowest BCUT2D eigenvalue weighted by atomic mass is 9.92. The zero-order chi connectivity index (χ0) is 34.7. The summed E-state index contributed by atoms with van der Waals surface area (Å²) in [5.74, 6) is -0.377. The van der Waals surface area contributed by atoms with E-state index in [1.165, 1.54) is 12.8 Å². The summed E-state index contributed by atoms with van der Waals surface area (Å²) in [6, 6.07) is 18.9. The van der Waals surface area contributed by atoms with E-state index in [1.807, 2.05) is 54.9 Å². The molecule has 3 N–H and O–H groups in total. The van der Waals surface area contributed by atoms with Crippen molar-refractivity contribution in [1.29, 1.82) is 5.26 Å². The second-order valence-corrected chi connectivity index (χ2v) is 14.1. The molecular formula is C39H41N7O4. The molecule has 50 heavy (non-hydrogen) atoms. The van der Waals surface area contributed by atoms with Crippen LogP contribution >= 0.6 is 0 Å². The Hall–Kier alpha value is -5.18. The molecule has 2 unspecified atom stereocenters. The number of aliphatic carboxylic acids is 1. The molecule has 0 spiro atoms. The Bertz CT molecular complexity index is 2080. The first-order chi connectivity index (χ1) is 24.2. The maximum atomic E-state index is 13.6. The van der Waals surface area contributed by atoms with E-state index >= 15 is 0 Å².